The molecule has 1 heterocycles. The van der Waals surface area contributed by atoms with Crippen molar-refractivity contribution >= 4 is 24.0 Å². The number of nitrogens with one attached hydrogen (secondary N) is 2. The first-order chi connectivity index (χ1) is 9.60. The predicted molar refractivity (Wildman–Crippen MR) is 82.7 cm³/mol. The lowest BCUT2D eigenvalue weighted by molar-refractivity contribution is -0.116. The van der Waals surface area contributed by atoms with Crippen molar-refractivity contribution in [3.8, 4) is 5.69 Å². The number of benzene rings is 1. The Morgan fingerprint density at radius 2 is 2.19 bits per heavy atom. The summed E-state index contributed by atoms with van der Waals surface area (Å²) in [7, 11) is 1.77. The zero-order valence-corrected chi connectivity index (χ0v) is 12.7. The van der Waals surface area contributed by atoms with Crippen molar-refractivity contribution < 1.29 is 9.18 Å². The van der Waals surface area contributed by atoms with Crippen LogP contribution in [0.3, 0.4) is 0 Å². The Labute approximate surface area is 129 Å². The molecule has 0 atom stereocenters. The van der Waals surface area contributed by atoms with Crippen molar-refractivity contribution in [3.05, 3.63) is 42.0 Å². The van der Waals surface area contributed by atoms with Gasteiger partial charge in [0, 0.05) is 24.8 Å². The van der Waals surface area contributed by atoms with E-state index < -0.39 is 5.82 Å². The fraction of sp³-hybridized carbons (Fsp3) is 0.286. The minimum atomic E-state index is -0.431. The van der Waals surface area contributed by atoms with Gasteiger partial charge in [-0.2, -0.15) is 5.10 Å². The van der Waals surface area contributed by atoms with Gasteiger partial charge in [-0.15, -0.1) is 12.4 Å². The number of amides is 1. The maximum Gasteiger partial charge on any atom is 0.225 e. The van der Waals surface area contributed by atoms with Gasteiger partial charge in [0.2, 0.25) is 5.91 Å². The second-order valence-corrected chi connectivity index (χ2v) is 4.53. The van der Waals surface area contributed by atoms with Gasteiger partial charge in [-0.1, -0.05) is 0 Å². The summed E-state index contributed by atoms with van der Waals surface area (Å²) in [6.07, 6.45) is 3.74. The van der Waals surface area contributed by atoms with Crippen molar-refractivity contribution in [2.75, 3.05) is 18.9 Å². The Kier molecular flexibility index (Phi) is 6.33. The smallest absolute Gasteiger partial charge is 0.225 e. The highest BCUT2D eigenvalue weighted by Gasteiger charge is 2.08. The molecule has 114 valence electrons. The van der Waals surface area contributed by atoms with Crippen LogP contribution in [0.4, 0.5) is 10.1 Å². The lowest BCUT2D eigenvalue weighted by Gasteiger charge is -2.08. The maximum atomic E-state index is 14.0. The van der Waals surface area contributed by atoms with Gasteiger partial charge in [-0.05, 0) is 37.7 Å². The Morgan fingerprint density at radius 3 is 2.76 bits per heavy atom. The molecule has 21 heavy (non-hydrogen) atoms. The number of nitrogens with zero attached hydrogens (tertiary/aromatic N) is 2. The third-order valence-electron chi connectivity index (χ3n) is 2.79. The number of aryl methyl sites for hydroxylation is 1. The molecule has 0 radical (unpaired) electrons. The van der Waals surface area contributed by atoms with Gasteiger partial charge in [0.1, 0.15) is 5.69 Å². The molecule has 1 aromatic heterocycles. The van der Waals surface area contributed by atoms with Crippen LogP contribution in [0.25, 0.3) is 5.69 Å². The Hall–Kier alpha value is -1.92. The minimum Gasteiger partial charge on any atom is -0.326 e. The van der Waals surface area contributed by atoms with Crippen LogP contribution in [-0.2, 0) is 4.79 Å². The van der Waals surface area contributed by atoms with Crippen LogP contribution in [0.1, 0.15) is 12.0 Å². The zero-order valence-electron chi connectivity index (χ0n) is 11.9. The molecule has 5 nitrogen and oxygen atoms in total. The first kappa shape index (κ1) is 17.1. The number of carbonyl (C=O) groups is 1. The molecular weight excluding hydrogens is 295 g/mol. The van der Waals surface area contributed by atoms with Crippen molar-refractivity contribution in [1.29, 1.82) is 0 Å². The number of rotatable bonds is 5. The molecule has 0 bridgehead atoms. The number of halogens is 2. The summed E-state index contributed by atoms with van der Waals surface area (Å²) in [5.74, 6) is -0.582. The van der Waals surface area contributed by atoms with Crippen LogP contribution >= 0.6 is 12.4 Å². The van der Waals surface area contributed by atoms with Crippen LogP contribution in [0.5, 0.6) is 0 Å². The number of hydrogen-bond donors (Lipinski definition) is 2. The minimum absolute atomic E-state index is 0. The molecule has 0 aliphatic rings. The fourth-order valence-corrected chi connectivity index (χ4v) is 1.78. The highest BCUT2D eigenvalue weighted by Crippen LogP contribution is 2.18. The van der Waals surface area contributed by atoms with E-state index in [-0.39, 0.29) is 18.3 Å². The van der Waals surface area contributed by atoms with Gasteiger partial charge in [-0.3, -0.25) is 4.79 Å². The second kappa shape index (κ2) is 7.75. The van der Waals surface area contributed by atoms with E-state index >= 15 is 0 Å². The highest BCUT2D eigenvalue weighted by atomic mass is 35.5. The number of hydrogen-bond acceptors (Lipinski definition) is 3. The summed E-state index contributed by atoms with van der Waals surface area (Å²) in [6.45, 7) is 2.47. The average Bonchev–Trinajstić information content (AvgIpc) is 2.83. The van der Waals surface area contributed by atoms with E-state index in [0.717, 1.165) is 5.56 Å². The summed E-state index contributed by atoms with van der Waals surface area (Å²) in [5, 5.41) is 9.59. The van der Waals surface area contributed by atoms with Gasteiger partial charge in [0.25, 0.3) is 0 Å². The van der Waals surface area contributed by atoms with E-state index in [1.807, 2.05) is 6.92 Å². The van der Waals surface area contributed by atoms with Crippen LogP contribution in [0.15, 0.2) is 30.6 Å². The van der Waals surface area contributed by atoms with E-state index in [0.29, 0.717) is 24.3 Å². The molecule has 1 amide bonds. The van der Waals surface area contributed by atoms with Crippen molar-refractivity contribution in [2.24, 2.45) is 0 Å². The molecule has 0 aliphatic carbocycles. The molecule has 1 aromatic carbocycles. The molecule has 2 N–H and O–H groups in total. The zero-order chi connectivity index (χ0) is 14.5. The Balaban J connectivity index is 0.00000220. The van der Waals surface area contributed by atoms with Crippen molar-refractivity contribution in [1.82, 2.24) is 15.1 Å². The molecule has 0 spiro atoms. The summed E-state index contributed by atoms with van der Waals surface area (Å²) < 4.78 is 15.5. The molecule has 7 heteroatoms. The SMILES string of the molecule is CNCCC(=O)Nc1ccc(-n2cc(C)cn2)c(F)c1.Cl. The van der Waals surface area contributed by atoms with Crippen LogP contribution in [-0.4, -0.2) is 29.3 Å². The second-order valence-electron chi connectivity index (χ2n) is 4.53. The summed E-state index contributed by atoms with van der Waals surface area (Å²) in [5.41, 5.74) is 1.75. The van der Waals surface area contributed by atoms with Gasteiger partial charge >= 0.3 is 0 Å². The van der Waals surface area contributed by atoms with E-state index in [4.69, 9.17) is 0 Å². The normalized spacial score (nSPS) is 10.0. The third-order valence-corrected chi connectivity index (χ3v) is 2.79. The first-order valence-electron chi connectivity index (χ1n) is 6.36. The van der Waals surface area contributed by atoms with Gasteiger partial charge in [0.05, 0.1) is 6.20 Å². The fourth-order valence-electron chi connectivity index (χ4n) is 1.78. The van der Waals surface area contributed by atoms with Crippen molar-refractivity contribution in [2.45, 2.75) is 13.3 Å². The van der Waals surface area contributed by atoms with Crippen LogP contribution in [0, 0.1) is 12.7 Å². The van der Waals surface area contributed by atoms with E-state index in [1.165, 1.54) is 10.7 Å². The number of aromatic nitrogens is 2. The monoisotopic (exact) mass is 312 g/mol. The molecule has 2 rings (SSSR count). The maximum absolute atomic E-state index is 14.0. The number of anilines is 1. The Bertz CT molecular complexity index is 615. The molecular formula is C14H18ClFN4O. The van der Waals surface area contributed by atoms with Crippen LogP contribution in [0.2, 0.25) is 0 Å². The largest absolute Gasteiger partial charge is 0.326 e. The van der Waals surface area contributed by atoms with E-state index in [1.54, 1.807) is 31.6 Å². The number of carbonyl (C=O) groups excluding carboxylic acids is 1. The molecule has 0 unspecified atom stereocenters. The summed E-state index contributed by atoms with van der Waals surface area (Å²) in [6, 6.07) is 4.55. The predicted octanol–water partition coefficient (Wildman–Crippen LogP) is 2.29. The van der Waals surface area contributed by atoms with Gasteiger partial charge < -0.3 is 10.6 Å². The average molecular weight is 313 g/mol. The topological polar surface area (TPSA) is 59.0 Å². The quantitative estimate of drug-likeness (QED) is 0.890. The van der Waals surface area contributed by atoms with E-state index in [9.17, 15) is 9.18 Å². The van der Waals surface area contributed by atoms with Gasteiger partial charge in [-0.25, -0.2) is 9.07 Å². The van der Waals surface area contributed by atoms with Crippen LogP contribution < -0.4 is 10.6 Å². The third kappa shape index (κ3) is 4.54. The van der Waals surface area contributed by atoms with Gasteiger partial charge in [0.15, 0.2) is 5.82 Å². The van der Waals surface area contributed by atoms with Crippen molar-refractivity contribution in [3.63, 3.8) is 0 Å². The lowest BCUT2D eigenvalue weighted by Crippen LogP contribution is -2.18. The lowest BCUT2D eigenvalue weighted by atomic mass is 10.2. The first-order valence-corrected chi connectivity index (χ1v) is 6.36. The molecule has 0 saturated carbocycles. The standard InChI is InChI=1S/C14H17FN4O.ClH/c1-10-8-17-19(9-10)13-4-3-11(7-12(13)15)18-14(20)5-6-16-2;/h3-4,7-9,16H,5-6H2,1-2H3,(H,18,20);1H. The highest BCUT2D eigenvalue weighted by molar-refractivity contribution is 5.90. The molecule has 2 aromatic rings. The van der Waals surface area contributed by atoms with E-state index in [2.05, 4.69) is 15.7 Å². The molecule has 0 aliphatic heterocycles. The summed E-state index contributed by atoms with van der Waals surface area (Å²) in [4.78, 5) is 11.5. The molecule has 0 saturated heterocycles. The molecule has 0 fully saturated rings. The summed E-state index contributed by atoms with van der Waals surface area (Å²) >= 11 is 0. The Morgan fingerprint density at radius 1 is 1.43 bits per heavy atom.